The first kappa shape index (κ1) is 18.9. The first-order valence-electron chi connectivity index (χ1n) is 9.22. The van der Waals surface area contributed by atoms with Crippen molar-refractivity contribution in [2.75, 3.05) is 0 Å². The van der Waals surface area contributed by atoms with Gasteiger partial charge in [0, 0.05) is 24.0 Å². The second-order valence-electron chi connectivity index (χ2n) is 7.85. The normalized spacial score (nSPS) is 11.6. The van der Waals surface area contributed by atoms with Gasteiger partial charge in [-0.2, -0.15) is 0 Å². The smallest absolute Gasteiger partial charge is 0.253 e. The average Bonchev–Trinajstić information content (AvgIpc) is 2.62. The Morgan fingerprint density at radius 3 is 2.41 bits per heavy atom. The average molecular weight is 362 g/mol. The third kappa shape index (κ3) is 4.27. The quantitative estimate of drug-likeness (QED) is 0.717. The number of carbonyl (C=O) groups excluding carboxylic acids is 1. The van der Waals surface area contributed by atoms with Crippen LogP contribution in [0.15, 0.2) is 53.3 Å². The van der Waals surface area contributed by atoms with Crippen LogP contribution in [0, 0.1) is 13.8 Å². The van der Waals surface area contributed by atoms with Crippen LogP contribution in [0.5, 0.6) is 0 Å². The minimum atomic E-state index is -0.268. The van der Waals surface area contributed by atoms with Gasteiger partial charge < -0.3 is 10.3 Å². The second kappa shape index (κ2) is 7.39. The molecule has 4 nitrogen and oxygen atoms in total. The molecule has 1 amide bonds. The highest BCUT2D eigenvalue weighted by atomic mass is 16.1. The number of aryl methyl sites for hydroxylation is 2. The van der Waals surface area contributed by atoms with Gasteiger partial charge in [-0.1, -0.05) is 44.2 Å². The van der Waals surface area contributed by atoms with Gasteiger partial charge in [0.25, 0.3) is 5.56 Å². The number of fused-ring (bicyclic) bond motifs is 1. The number of carbonyl (C=O) groups is 1. The molecule has 0 saturated heterocycles. The molecule has 2 aromatic carbocycles. The largest absolute Gasteiger partial charge is 0.352 e. The molecule has 0 atom stereocenters. The molecular weight excluding hydrogens is 336 g/mol. The number of H-pyrrole nitrogens is 1. The molecule has 1 heterocycles. The molecule has 0 saturated carbocycles. The van der Waals surface area contributed by atoms with E-state index >= 15 is 0 Å². The predicted molar refractivity (Wildman–Crippen MR) is 110 cm³/mol. The Kier molecular flexibility index (Phi) is 5.17. The summed E-state index contributed by atoms with van der Waals surface area (Å²) in [4.78, 5) is 27.7. The Bertz CT molecular complexity index is 1030. The molecule has 27 heavy (non-hydrogen) atoms. The maximum absolute atomic E-state index is 12.5. The number of hydrogen-bond donors (Lipinski definition) is 2. The molecule has 0 unspecified atom stereocenters. The number of amides is 1. The van der Waals surface area contributed by atoms with Gasteiger partial charge in [0.1, 0.15) is 0 Å². The van der Waals surface area contributed by atoms with E-state index in [0.717, 1.165) is 22.0 Å². The van der Waals surface area contributed by atoms with Crippen LogP contribution in [-0.4, -0.2) is 10.9 Å². The van der Waals surface area contributed by atoms with E-state index in [9.17, 15) is 9.59 Å². The maximum atomic E-state index is 12.5. The zero-order chi connectivity index (χ0) is 19.6. The molecule has 2 N–H and O–H groups in total. The van der Waals surface area contributed by atoms with Crippen molar-refractivity contribution in [1.29, 1.82) is 0 Å². The molecule has 0 radical (unpaired) electrons. The van der Waals surface area contributed by atoms with Gasteiger partial charge in [0.15, 0.2) is 0 Å². The Morgan fingerprint density at radius 2 is 1.70 bits per heavy atom. The molecule has 0 aliphatic heterocycles. The van der Waals surface area contributed by atoms with Gasteiger partial charge in [0.05, 0.1) is 0 Å². The Hall–Kier alpha value is -2.88. The molecule has 0 bridgehead atoms. The molecule has 1 aromatic heterocycles. The number of nitrogens with one attached hydrogen (secondary N) is 2. The van der Waals surface area contributed by atoms with Crippen LogP contribution in [0.4, 0.5) is 0 Å². The zero-order valence-electron chi connectivity index (χ0n) is 16.3. The van der Waals surface area contributed by atoms with Crippen molar-refractivity contribution in [2.45, 2.75) is 46.1 Å². The first-order chi connectivity index (χ1) is 12.8. The Balaban J connectivity index is 1.72. The lowest BCUT2D eigenvalue weighted by atomic mass is 9.81. The highest BCUT2D eigenvalue weighted by Gasteiger charge is 2.24. The Morgan fingerprint density at radius 1 is 1.04 bits per heavy atom. The topological polar surface area (TPSA) is 62.0 Å². The lowest BCUT2D eigenvalue weighted by Gasteiger charge is -2.24. The summed E-state index contributed by atoms with van der Waals surface area (Å²) in [5.74, 6) is -0.0663. The summed E-state index contributed by atoms with van der Waals surface area (Å²) in [5, 5.41) is 3.88. The van der Waals surface area contributed by atoms with E-state index < -0.39 is 0 Å². The van der Waals surface area contributed by atoms with Gasteiger partial charge in [-0.25, -0.2) is 0 Å². The molecule has 0 fully saturated rings. The van der Waals surface area contributed by atoms with Crippen LogP contribution in [0.3, 0.4) is 0 Å². The van der Waals surface area contributed by atoms with Crippen molar-refractivity contribution < 1.29 is 4.79 Å². The van der Waals surface area contributed by atoms with Crippen molar-refractivity contribution in [3.63, 3.8) is 0 Å². The van der Waals surface area contributed by atoms with Crippen LogP contribution in [0.1, 0.15) is 42.5 Å². The molecular formula is C23H26N2O2. The van der Waals surface area contributed by atoms with Crippen molar-refractivity contribution in [3.05, 3.63) is 81.1 Å². The number of rotatable bonds is 5. The van der Waals surface area contributed by atoms with Gasteiger partial charge in [-0.15, -0.1) is 0 Å². The number of benzene rings is 2. The lowest BCUT2D eigenvalue weighted by Crippen LogP contribution is -2.32. The van der Waals surface area contributed by atoms with Crippen LogP contribution >= 0.6 is 0 Å². The summed E-state index contributed by atoms with van der Waals surface area (Å²) >= 11 is 0. The molecule has 0 aliphatic rings. The summed E-state index contributed by atoms with van der Waals surface area (Å²) in [5.41, 5.74) is 4.40. The SMILES string of the molecule is Cc1cc2cc(CNC(=O)CC(C)(C)c3ccccc3)c(=O)[nH]c2cc1C. The molecule has 3 aromatic rings. The fourth-order valence-electron chi connectivity index (χ4n) is 3.30. The second-order valence-corrected chi connectivity index (χ2v) is 7.85. The van der Waals surface area contributed by atoms with E-state index in [0.29, 0.717) is 12.0 Å². The third-order valence-electron chi connectivity index (χ3n) is 5.17. The minimum Gasteiger partial charge on any atom is -0.352 e. The number of aromatic nitrogens is 1. The van der Waals surface area contributed by atoms with Crippen molar-refractivity contribution in [1.82, 2.24) is 10.3 Å². The van der Waals surface area contributed by atoms with Gasteiger partial charge in [0.2, 0.25) is 5.91 Å². The predicted octanol–water partition coefficient (Wildman–Crippen LogP) is 4.13. The summed E-state index contributed by atoms with van der Waals surface area (Å²) < 4.78 is 0. The van der Waals surface area contributed by atoms with E-state index in [-0.39, 0.29) is 23.4 Å². The van der Waals surface area contributed by atoms with Crippen molar-refractivity contribution >= 4 is 16.8 Å². The van der Waals surface area contributed by atoms with E-state index in [1.165, 1.54) is 5.56 Å². The minimum absolute atomic E-state index is 0.0663. The highest BCUT2D eigenvalue weighted by Crippen LogP contribution is 2.26. The fraction of sp³-hybridized carbons (Fsp3) is 0.304. The van der Waals surface area contributed by atoms with Crippen LogP contribution in [-0.2, 0) is 16.8 Å². The first-order valence-corrected chi connectivity index (χ1v) is 9.22. The van der Waals surface area contributed by atoms with E-state index in [1.807, 2.05) is 56.3 Å². The van der Waals surface area contributed by atoms with Gasteiger partial charge >= 0.3 is 0 Å². The number of aromatic amines is 1. The van der Waals surface area contributed by atoms with E-state index in [2.05, 4.69) is 30.2 Å². The monoisotopic (exact) mass is 362 g/mol. The van der Waals surface area contributed by atoms with Gasteiger partial charge in [-0.3, -0.25) is 9.59 Å². The van der Waals surface area contributed by atoms with Crippen molar-refractivity contribution in [2.24, 2.45) is 0 Å². The zero-order valence-corrected chi connectivity index (χ0v) is 16.3. The molecule has 0 aliphatic carbocycles. The molecule has 4 heteroatoms. The number of hydrogen-bond acceptors (Lipinski definition) is 2. The third-order valence-corrected chi connectivity index (χ3v) is 5.17. The summed E-state index contributed by atoms with van der Waals surface area (Å²) in [6.45, 7) is 8.40. The maximum Gasteiger partial charge on any atom is 0.253 e. The summed E-state index contributed by atoms with van der Waals surface area (Å²) in [6, 6.07) is 15.9. The molecule has 0 spiro atoms. The van der Waals surface area contributed by atoms with Crippen LogP contribution in [0.25, 0.3) is 10.9 Å². The Labute approximate surface area is 159 Å². The van der Waals surface area contributed by atoms with Crippen LogP contribution in [0.2, 0.25) is 0 Å². The lowest BCUT2D eigenvalue weighted by molar-refractivity contribution is -0.122. The van der Waals surface area contributed by atoms with Crippen molar-refractivity contribution in [3.8, 4) is 0 Å². The molecule has 3 rings (SSSR count). The molecule has 140 valence electrons. The fourth-order valence-corrected chi connectivity index (χ4v) is 3.30. The van der Waals surface area contributed by atoms with E-state index in [1.54, 1.807) is 0 Å². The summed E-state index contributed by atoms with van der Waals surface area (Å²) in [6.07, 6.45) is 0.362. The van der Waals surface area contributed by atoms with Gasteiger partial charge in [-0.05, 0) is 59.5 Å². The highest BCUT2D eigenvalue weighted by molar-refractivity contribution is 5.81. The van der Waals surface area contributed by atoms with Crippen LogP contribution < -0.4 is 10.9 Å². The van der Waals surface area contributed by atoms with E-state index in [4.69, 9.17) is 0 Å². The summed E-state index contributed by atoms with van der Waals surface area (Å²) in [7, 11) is 0. The standard InChI is InChI=1S/C23H26N2O2/c1-15-10-17-12-18(22(27)25-20(17)11-16(15)2)14-24-21(26)13-23(3,4)19-8-6-5-7-9-19/h5-12H,13-14H2,1-4H3,(H,24,26)(H,25,27). The number of pyridine rings is 1.